The fourth-order valence-corrected chi connectivity index (χ4v) is 4.14. The van der Waals surface area contributed by atoms with E-state index in [-0.39, 0.29) is 17.7 Å². The van der Waals surface area contributed by atoms with Crippen LogP contribution in [0.2, 0.25) is 0 Å². The number of hydrogen-bond donors (Lipinski definition) is 1. The molecular formula is C23H29N5OS. The lowest BCUT2D eigenvalue weighted by Gasteiger charge is -2.23. The highest BCUT2D eigenvalue weighted by atomic mass is 32.2. The second-order valence-corrected chi connectivity index (χ2v) is 8.45. The van der Waals surface area contributed by atoms with Crippen LogP contribution in [0.15, 0.2) is 59.8 Å². The van der Waals surface area contributed by atoms with E-state index in [1.165, 1.54) is 17.3 Å². The molecule has 1 heterocycles. The predicted molar refractivity (Wildman–Crippen MR) is 123 cm³/mol. The topological polar surface area (TPSA) is 63.1 Å². The first kappa shape index (κ1) is 22.1. The van der Waals surface area contributed by atoms with Gasteiger partial charge in [0.1, 0.15) is 0 Å². The molecule has 158 valence electrons. The number of rotatable bonds is 9. The third kappa shape index (κ3) is 5.70. The van der Waals surface area contributed by atoms with E-state index in [1.807, 2.05) is 49.4 Å². The fraction of sp³-hybridized carbons (Fsp3) is 0.348. The summed E-state index contributed by atoms with van der Waals surface area (Å²) >= 11 is 1.42. The molecule has 1 unspecified atom stereocenters. The Morgan fingerprint density at radius 2 is 1.90 bits per heavy atom. The predicted octanol–water partition coefficient (Wildman–Crippen LogP) is 4.38. The van der Waals surface area contributed by atoms with Crippen molar-refractivity contribution >= 4 is 23.4 Å². The molecule has 30 heavy (non-hydrogen) atoms. The van der Waals surface area contributed by atoms with E-state index in [0.717, 1.165) is 28.7 Å². The second-order valence-electron chi connectivity index (χ2n) is 7.51. The molecule has 1 aromatic heterocycles. The van der Waals surface area contributed by atoms with E-state index >= 15 is 0 Å². The van der Waals surface area contributed by atoms with Crippen molar-refractivity contribution in [3.63, 3.8) is 0 Å². The lowest BCUT2D eigenvalue weighted by Crippen LogP contribution is -2.23. The molecule has 1 N–H and O–H groups in total. The van der Waals surface area contributed by atoms with E-state index in [2.05, 4.69) is 58.1 Å². The molecule has 1 atom stereocenters. The van der Waals surface area contributed by atoms with Gasteiger partial charge in [0.05, 0.1) is 18.3 Å². The SMILES string of the molecule is CCC(c1nnc(SCC(=O)Nc2cccc(C)c2)n1Cc1ccccc1)N(C)C. The average Bonchev–Trinajstić information content (AvgIpc) is 3.10. The third-order valence-corrected chi connectivity index (χ3v) is 5.84. The number of nitrogens with zero attached hydrogens (tertiary/aromatic N) is 4. The zero-order valence-electron chi connectivity index (χ0n) is 18.0. The number of thioether (sulfide) groups is 1. The maximum atomic E-state index is 12.5. The van der Waals surface area contributed by atoms with Crippen LogP contribution in [0.25, 0.3) is 0 Å². The van der Waals surface area contributed by atoms with Crippen LogP contribution in [-0.4, -0.2) is 45.4 Å². The first-order chi connectivity index (χ1) is 14.5. The quantitative estimate of drug-likeness (QED) is 0.518. The van der Waals surface area contributed by atoms with E-state index in [4.69, 9.17) is 0 Å². The Morgan fingerprint density at radius 3 is 2.57 bits per heavy atom. The summed E-state index contributed by atoms with van der Waals surface area (Å²) in [5.74, 6) is 1.15. The van der Waals surface area contributed by atoms with Gasteiger partial charge in [0, 0.05) is 5.69 Å². The smallest absolute Gasteiger partial charge is 0.234 e. The maximum absolute atomic E-state index is 12.5. The highest BCUT2D eigenvalue weighted by Crippen LogP contribution is 2.26. The molecule has 0 bridgehead atoms. The Labute approximate surface area is 182 Å². The largest absolute Gasteiger partial charge is 0.325 e. The summed E-state index contributed by atoms with van der Waals surface area (Å²) in [6.45, 7) is 4.83. The Balaban J connectivity index is 1.77. The molecule has 6 nitrogen and oxygen atoms in total. The van der Waals surface area contributed by atoms with Gasteiger partial charge in [-0.15, -0.1) is 10.2 Å². The van der Waals surface area contributed by atoms with Crippen molar-refractivity contribution in [2.45, 2.75) is 38.0 Å². The van der Waals surface area contributed by atoms with Crippen molar-refractivity contribution in [2.24, 2.45) is 0 Å². The van der Waals surface area contributed by atoms with Crippen molar-refractivity contribution in [1.82, 2.24) is 19.7 Å². The van der Waals surface area contributed by atoms with Gasteiger partial charge in [0.2, 0.25) is 5.91 Å². The monoisotopic (exact) mass is 423 g/mol. The highest BCUT2D eigenvalue weighted by Gasteiger charge is 2.22. The zero-order valence-corrected chi connectivity index (χ0v) is 18.8. The minimum Gasteiger partial charge on any atom is -0.325 e. The van der Waals surface area contributed by atoms with Gasteiger partial charge in [-0.2, -0.15) is 0 Å². The molecule has 1 amide bonds. The first-order valence-corrected chi connectivity index (χ1v) is 11.1. The Hall–Kier alpha value is -2.64. The molecule has 0 fully saturated rings. The van der Waals surface area contributed by atoms with Crippen LogP contribution in [0, 0.1) is 6.92 Å². The normalized spacial score (nSPS) is 12.2. The Bertz CT molecular complexity index is 971. The van der Waals surface area contributed by atoms with Crippen LogP contribution >= 0.6 is 11.8 Å². The number of aromatic nitrogens is 3. The third-order valence-electron chi connectivity index (χ3n) is 4.87. The second kappa shape index (κ2) is 10.4. The molecule has 2 aromatic carbocycles. The minimum absolute atomic E-state index is 0.0546. The van der Waals surface area contributed by atoms with Gasteiger partial charge in [0.15, 0.2) is 11.0 Å². The van der Waals surface area contributed by atoms with Crippen molar-refractivity contribution in [3.05, 3.63) is 71.5 Å². The number of aryl methyl sites for hydroxylation is 1. The summed E-state index contributed by atoms with van der Waals surface area (Å²) in [5, 5.41) is 12.6. The summed E-state index contributed by atoms with van der Waals surface area (Å²) in [7, 11) is 4.11. The molecular weight excluding hydrogens is 394 g/mol. The summed E-state index contributed by atoms with van der Waals surface area (Å²) in [4.78, 5) is 14.6. The lowest BCUT2D eigenvalue weighted by molar-refractivity contribution is -0.113. The number of benzene rings is 2. The van der Waals surface area contributed by atoms with Crippen LogP contribution in [-0.2, 0) is 11.3 Å². The number of nitrogens with one attached hydrogen (secondary N) is 1. The van der Waals surface area contributed by atoms with E-state index in [9.17, 15) is 4.79 Å². The van der Waals surface area contributed by atoms with Gasteiger partial charge in [-0.05, 0) is 50.7 Å². The van der Waals surface area contributed by atoms with Gasteiger partial charge >= 0.3 is 0 Å². The molecule has 7 heteroatoms. The summed E-state index contributed by atoms with van der Waals surface area (Å²) in [5.41, 5.74) is 3.10. The van der Waals surface area contributed by atoms with Gasteiger partial charge < -0.3 is 9.88 Å². The van der Waals surface area contributed by atoms with Crippen molar-refractivity contribution < 1.29 is 4.79 Å². The molecule has 0 aliphatic heterocycles. The van der Waals surface area contributed by atoms with E-state index in [0.29, 0.717) is 6.54 Å². The number of anilines is 1. The Kier molecular flexibility index (Phi) is 7.65. The van der Waals surface area contributed by atoms with Crippen LogP contribution in [0.3, 0.4) is 0 Å². The molecule has 0 aliphatic rings. The number of hydrogen-bond acceptors (Lipinski definition) is 5. The first-order valence-electron chi connectivity index (χ1n) is 10.1. The fourth-order valence-electron chi connectivity index (χ4n) is 3.40. The van der Waals surface area contributed by atoms with E-state index in [1.54, 1.807) is 0 Å². The average molecular weight is 424 g/mol. The van der Waals surface area contributed by atoms with Crippen LogP contribution in [0.4, 0.5) is 5.69 Å². The minimum atomic E-state index is -0.0546. The van der Waals surface area contributed by atoms with Crippen LogP contribution in [0.1, 0.15) is 36.3 Å². The summed E-state index contributed by atoms with van der Waals surface area (Å²) in [6, 6.07) is 18.2. The van der Waals surface area contributed by atoms with E-state index < -0.39 is 0 Å². The molecule has 0 saturated heterocycles. The molecule has 3 aromatic rings. The van der Waals surface area contributed by atoms with Crippen molar-refractivity contribution in [3.8, 4) is 0 Å². The molecule has 0 aliphatic carbocycles. The van der Waals surface area contributed by atoms with Gasteiger partial charge in [-0.1, -0.05) is 61.2 Å². The number of carbonyl (C=O) groups is 1. The van der Waals surface area contributed by atoms with Crippen molar-refractivity contribution in [1.29, 1.82) is 0 Å². The summed E-state index contributed by atoms with van der Waals surface area (Å²) in [6.07, 6.45) is 0.929. The summed E-state index contributed by atoms with van der Waals surface area (Å²) < 4.78 is 2.13. The van der Waals surface area contributed by atoms with Crippen molar-refractivity contribution in [2.75, 3.05) is 25.2 Å². The van der Waals surface area contributed by atoms with Gasteiger partial charge in [-0.3, -0.25) is 9.69 Å². The number of carbonyl (C=O) groups excluding carboxylic acids is 1. The Morgan fingerprint density at radius 1 is 1.13 bits per heavy atom. The molecule has 0 radical (unpaired) electrons. The lowest BCUT2D eigenvalue weighted by atomic mass is 10.2. The molecule has 3 rings (SSSR count). The standard InChI is InChI=1S/C23H29N5OS/c1-5-20(27(3)4)22-25-26-23(28(22)15-18-11-7-6-8-12-18)30-16-21(29)24-19-13-9-10-17(2)14-19/h6-14,20H,5,15-16H2,1-4H3,(H,24,29). The highest BCUT2D eigenvalue weighted by molar-refractivity contribution is 7.99. The number of amides is 1. The van der Waals surface area contributed by atoms with Crippen LogP contribution in [0.5, 0.6) is 0 Å². The van der Waals surface area contributed by atoms with Crippen LogP contribution < -0.4 is 5.32 Å². The molecule has 0 saturated carbocycles. The van der Waals surface area contributed by atoms with Gasteiger partial charge in [-0.25, -0.2) is 0 Å². The van der Waals surface area contributed by atoms with Gasteiger partial charge in [0.25, 0.3) is 0 Å². The molecule has 0 spiro atoms. The zero-order chi connectivity index (χ0) is 21.5. The maximum Gasteiger partial charge on any atom is 0.234 e.